The maximum Gasteiger partial charge on any atom is 0.0458 e. The average molecular weight is 171 g/mol. The molecular weight excluding hydrogens is 158 g/mol. The van der Waals surface area contributed by atoms with Crippen molar-refractivity contribution in [2.45, 2.75) is 0 Å². The number of hydrogen-bond acceptors (Lipinski definition) is 0. The van der Waals surface area contributed by atoms with Crippen LogP contribution in [0.2, 0.25) is 0 Å². The van der Waals surface area contributed by atoms with Crippen LogP contribution < -0.4 is 0 Å². The normalized spacial score (nSPS) is 9.23. The highest BCUT2D eigenvalue weighted by Gasteiger charge is 2.07. The van der Waals surface area contributed by atoms with Crippen molar-refractivity contribution in [2.75, 3.05) is 0 Å². The van der Waals surface area contributed by atoms with Crippen LogP contribution in [-0.2, 0) is 0 Å². The summed E-state index contributed by atoms with van der Waals surface area (Å²) in [5.41, 5.74) is 3.97. The fraction of sp³-hybridized carbons (Fsp3) is 0. The van der Waals surface area contributed by atoms with Crippen LogP contribution in [0.5, 0.6) is 0 Å². The minimum absolute atomic E-state index is 0.958. The fourth-order valence-corrected chi connectivity index (χ4v) is 1.33. The summed E-state index contributed by atoms with van der Waals surface area (Å²) in [6.45, 7) is 14.9. The third-order valence-electron chi connectivity index (χ3n) is 1.96. The molecule has 1 nitrogen and oxygen atoms in total. The quantitative estimate of drug-likeness (QED) is 0.712. The molecule has 66 valence electrons. The van der Waals surface area contributed by atoms with Crippen molar-refractivity contribution in [2.24, 2.45) is 0 Å². The van der Waals surface area contributed by atoms with E-state index in [2.05, 4.69) is 31.3 Å². The van der Waals surface area contributed by atoms with E-state index in [9.17, 15) is 0 Å². The van der Waals surface area contributed by atoms with Crippen molar-refractivity contribution >= 4 is 24.3 Å². The first-order chi connectivity index (χ1) is 6.28. The van der Waals surface area contributed by atoms with Crippen molar-refractivity contribution in [1.29, 1.82) is 0 Å². The van der Waals surface area contributed by atoms with Gasteiger partial charge in [-0.1, -0.05) is 38.5 Å². The molecule has 0 unspecified atom stereocenters. The Morgan fingerprint density at radius 1 is 0.692 bits per heavy atom. The van der Waals surface area contributed by atoms with Gasteiger partial charge in [0.25, 0.3) is 0 Å². The Morgan fingerprint density at radius 2 is 1.08 bits per heavy atom. The lowest BCUT2D eigenvalue weighted by atomic mass is 10.1. The van der Waals surface area contributed by atoms with Gasteiger partial charge >= 0.3 is 0 Å². The first-order valence-corrected chi connectivity index (χ1v) is 4.04. The van der Waals surface area contributed by atoms with Crippen LogP contribution in [0.1, 0.15) is 22.5 Å². The number of aromatic amines is 1. The number of rotatable bonds is 4. The van der Waals surface area contributed by atoms with Gasteiger partial charge in [-0.2, -0.15) is 0 Å². The van der Waals surface area contributed by atoms with Crippen LogP contribution in [0.4, 0.5) is 0 Å². The molecule has 0 aliphatic heterocycles. The summed E-state index contributed by atoms with van der Waals surface area (Å²) in [5.74, 6) is 0. The molecule has 0 fully saturated rings. The highest BCUT2D eigenvalue weighted by atomic mass is 14.7. The van der Waals surface area contributed by atoms with Gasteiger partial charge in [0.1, 0.15) is 0 Å². The molecule has 0 saturated carbocycles. The summed E-state index contributed by atoms with van der Waals surface area (Å²) < 4.78 is 0. The Labute approximate surface area is 78.8 Å². The van der Waals surface area contributed by atoms with E-state index in [0.29, 0.717) is 0 Å². The number of hydrogen-bond donors (Lipinski definition) is 1. The van der Waals surface area contributed by atoms with Crippen LogP contribution in [0.3, 0.4) is 0 Å². The molecule has 1 aromatic rings. The minimum atomic E-state index is 0.958. The van der Waals surface area contributed by atoms with E-state index >= 15 is 0 Å². The topological polar surface area (TPSA) is 15.8 Å². The molecule has 0 saturated heterocycles. The highest BCUT2D eigenvalue weighted by Crippen LogP contribution is 2.23. The van der Waals surface area contributed by atoms with Gasteiger partial charge in [-0.05, 0) is 12.2 Å². The molecular formula is C12H13N. The van der Waals surface area contributed by atoms with Gasteiger partial charge in [0, 0.05) is 22.5 Å². The summed E-state index contributed by atoms with van der Waals surface area (Å²) in [6, 6.07) is 0. The van der Waals surface area contributed by atoms with E-state index in [-0.39, 0.29) is 0 Å². The van der Waals surface area contributed by atoms with Crippen LogP contribution in [-0.4, -0.2) is 4.98 Å². The Kier molecular flexibility index (Phi) is 2.70. The second kappa shape index (κ2) is 3.76. The van der Waals surface area contributed by atoms with Crippen LogP contribution in [0.15, 0.2) is 26.3 Å². The molecule has 1 heterocycles. The molecule has 0 spiro atoms. The van der Waals surface area contributed by atoms with Crippen LogP contribution >= 0.6 is 0 Å². The van der Waals surface area contributed by atoms with E-state index in [4.69, 9.17) is 0 Å². The van der Waals surface area contributed by atoms with Gasteiger partial charge in [-0.25, -0.2) is 0 Å². The molecule has 1 aromatic heterocycles. The Balaban J connectivity index is 3.50. The smallest absolute Gasteiger partial charge is 0.0458 e. The zero-order valence-electron chi connectivity index (χ0n) is 7.64. The van der Waals surface area contributed by atoms with Gasteiger partial charge in [0.2, 0.25) is 0 Å². The Bertz CT molecular complexity index is 332. The minimum Gasteiger partial charge on any atom is -0.355 e. The molecule has 13 heavy (non-hydrogen) atoms. The Morgan fingerprint density at radius 3 is 1.31 bits per heavy atom. The van der Waals surface area contributed by atoms with Gasteiger partial charge in [-0.15, -0.1) is 0 Å². The molecule has 0 aromatic carbocycles. The lowest BCUT2D eigenvalue weighted by molar-refractivity contribution is 1.34. The van der Waals surface area contributed by atoms with Gasteiger partial charge < -0.3 is 4.98 Å². The number of aromatic nitrogens is 1. The van der Waals surface area contributed by atoms with E-state index in [1.165, 1.54) is 0 Å². The lowest BCUT2D eigenvalue weighted by Crippen LogP contribution is -1.75. The fourth-order valence-electron chi connectivity index (χ4n) is 1.33. The van der Waals surface area contributed by atoms with Gasteiger partial charge in [0.05, 0.1) is 0 Å². The average Bonchev–Trinajstić information content (AvgIpc) is 2.54. The predicted molar refractivity (Wildman–Crippen MR) is 61.2 cm³/mol. The first kappa shape index (κ1) is 9.33. The van der Waals surface area contributed by atoms with Crippen molar-refractivity contribution in [3.8, 4) is 0 Å². The molecule has 1 heteroatoms. The molecule has 1 rings (SSSR count). The second-order valence-corrected chi connectivity index (χ2v) is 2.60. The van der Waals surface area contributed by atoms with Crippen LogP contribution in [0, 0.1) is 0 Å². The molecule has 0 atom stereocenters. The molecule has 0 aliphatic carbocycles. The molecule has 1 N–H and O–H groups in total. The summed E-state index contributed by atoms with van der Waals surface area (Å²) in [4.78, 5) is 3.17. The third-order valence-corrected chi connectivity index (χ3v) is 1.96. The summed E-state index contributed by atoms with van der Waals surface area (Å²) >= 11 is 0. The van der Waals surface area contributed by atoms with Crippen molar-refractivity contribution in [1.82, 2.24) is 4.98 Å². The number of H-pyrrole nitrogens is 1. The van der Waals surface area contributed by atoms with E-state index in [1.54, 1.807) is 24.3 Å². The first-order valence-electron chi connectivity index (χ1n) is 4.04. The van der Waals surface area contributed by atoms with Crippen molar-refractivity contribution in [3.05, 3.63) is 48.8 Å². The maximum atomic E-state index is 3.75. The standard InChI is InChI=1S/C12H13N/c1-5-9-10(6-2)12(8-4)13-11(9)7-3/h5-8,13H,1-4H2. The molecule has 0 amide bonds. The summed E-state index contributed by atoms with van der Waals surface area (Å²) in [5, 5.41) is 0. The van der Waals surface area contributed by atoms with E-state index < -0.39 is 0 Å². The maximum absolute atomic E-state index is 3.75. The SMILES string of the molecule is C=Cc1[nH]c(C=C)c(C=C)c1C=C. The largest absolute Gasteiger partial charge is 0.355 e. The molecule has 0 aliphatic rings. The van der Waals surface area contributed by atoms with Crippen molar-refractivity contribution in [3.63, 3.8) is 0 Å². The van der Waals surface area contributed by atoms with Crippen molar-refractivity contribution < 1.29 is 0 Å². The molecule has 0 bridgehead atoms. The van der Waals surface area contributed by atoms with Gasteiger partial charge in [-0.3, -0.25) is 0 Å². The predicted octanol–water partition coefficient (Wildman–Crippen LogP) is 3.59. The van der Waals surface area contributed by atoms with E-state index in [0.717, 1.165) is 22.5 Å². The number of nitrogens with one attached hydrogen (secondary N) is 1. The zero-order chi connectivity index (χ0) is 9.84. The summed E-state index contributed by atoms with van der Waals surface area (Å²) in [6.07, 6.45) is 7.10. The summed E-state index contributed by atoms with van der Waals surface area (Å²) in [7, 11) is 0. The highest BCUT2D eigenvalue weighted by molar-refractivity contribution is 5.77. The zero-order valence-corrected chi connectivity index (χ0v) is 7.64. The second-order valence-electron chi connectivity index (χ2n) is 2.60. The Hall–Kier alpha value is -1.76. The van der Waals surface area contributed by atoms with E-state index in [1.807, 2.05) is 0 Å². The third kappa shape index (κ3) is 1.41. The monoisotopic (exact) mass is 171 g/mol. The van der Waals surface area contributed by atoms with Gasteiger partial charge in [0.15, 0.2) is 0 Å². The lowest BCUT2D eigenvalue weighted by Gasteiger charge is -1.93. The van der Waals surface area contributed by atoms with Crippen LogP contribution in [0.25, 0.3) is 24.3 Å². The molecule has 0 radical (unpaired) electrons.